The number of halogens is 1. The first kappa shape index (κ1) is 20.0. The van der Waals surface area contributed by atoms with Gasteiger partial charge in [-0.25, -0.2) is 4.98 Å². The van der Waals surface area contributed by atoms with Gasteiger partial charge in [0.2, 0.25) is 0 Å². The van der Waals surface area contributed by atoms with Crippen molar-refractivity contribution in [1.29, 1.82) is 0 Å². The van der Waals surface area contributed by atoms with Crippen LogP contribution in [0.2, 0.25) is 5.02 Å². The third-order valence-corrected chi connectivity index (χ3v) is 6.70. The zero-order valence-corrected chi connectivity index (χ0v) is 18.2. The Balaban J connectivity index is 1.58. The minimum Gasteiger partial charge on any atom is -0.330 e. The molecule has 31 heavy (non-hydrogen) atoms. The number of pyridine rings is 1. The molecule has 0 spiro atoms. The summed E-state index contributed by atoms with van der Waals surface area (Å²) in [6.07, 6.45) is 5.55. The topological polar surface area (TPSA) is 62.3 Å². The molecule has 3 aromatic rings. The number of nitrogens with one attached hydrogen (secondary N) is 1. The Labute approximate surface area is 186 Å². The largest absolute Gasteiger partial charge is 0.330 e. The number of carbonyl (C=O) groups is 2. The Bertz CT molecular complexity index is 1200. The molecule has 6 heteroatoms. The van der Waals surface area contributed by atoms with Gasteiger partial charge >= 0.3 is 0 Å². The quantitative estimate of drug-likeness (QED) is 0.573. The number of nitrogens with zero attached hydrogens (tertiary/aromatic N) is 2. The molecule has 1 N–H and O–H groups in total. The van der Waals surface area contributed by atoms with Crippen LogP contribution in [0.15, 0.2) is 42.5 Å². The summed E-state index contributed by atoms with van der Waals surface area (Å²) in [5, 5.41) is 4.42. The molecule has 1 saturated carbocycles. The number of hydrogen-bond acceptors (Lipinski definition) is 3. The molecule has 0 atom stereocenters. The van der Waals surface area contributed by atoms with Crippen molar-refractivity contribution >= 4 is 40.0 Å². The van der Waals surface area contributed by atoms with Gasteiger partial charge in [-0.2, -0.15) is 0 Å². The summed E-state index contributed by atoms with van der Waals surface area (Å²) in [5.41, 5.74) is 3.95. The number of benzene rings is 2. The van der Waals surface area contributed by atoms with Crippen molar-refractivity contribution in [2.24, 2.45) is 0 Å². The van der Waals surface area contributed by atoms with Gasteiger partial charge in [-0.3, -0.25) is 9.59 Å². The van der Waals surface area contributed by atoms with Gasteiger partial charge in [0.25, 0.3) is 11.8 Å². The molecule has 1 aliphatic carbocycles. The van der Waals surface area contributed by atoms with Crippen LogP contribution < -0.4 is 5.32 Å². The van der Waals surface area contributed by atoms with Gasteiger partial charge in [0.1, 0.15) is 5.69 Å². The van der Waals surface area contributed by atoms with Crippen LogP contribution in [0.4, 0.5) is 5.69 Å². The highest BCUT2D eigenvalue weighted by Crippen LogP contribution is 2.35. The molecule has 0 unspecified atom stereocenters. The summed E-state index contributed by atoms with van der Waals surface area (Å²) < 4.78 is 0. The summed E-state index contributed by atoms with van der Waals surface area (Å²) in [6.45, 7) is 2.35. The van der Waals surface area contributed by atoms with Crippen LogP contribution in [0.25, 0.3) is 10.9 Å². The van der Waals surface area contributed by atoms with E-state index in [9.17, 15) is 9.59 Å². The summed E-state index contributed by atoms with van der Waals surface area (Å²) in [4.78, 5) is 33.4. The van der Waals surface area contributed by atoms with Crippen molar-refractivity contribution in [2.75, 3.05) is 5.32 Å². The molecule has 2 heterocycles. The average Bonchev–Trinajstić information content (AvgIpc) is 3.10. The highest BCUT2D eigenvalue weighted by Gasteiger charge is 2.38. The smallest absolute Gasteiger partial charge is 0.273 e. The first-order valence-electron chi connectivity index (χ1n) is 10.8. The molecule has 2 amide bonds. The van der Waals surface area contributed by atoms with E-state index < -0.39 is 0 Å². The number of amides is 2. The van der Waals surface area contributed by atoms with Crippen LogP contribution in [0.3, 0.4) is 0 Å². The van der Waals surface area contributed by atoms with E-state index in [1.165, 1.54) is 6.42 Å². The molecule has 5 nitrogen and oxygen atoms in total. The van der Waals surface area contributed by atoms with Crippen LogP contribution in [-0.4, -0.2) is 27.7 Å². The molecule has 1 fully saturated rings. The fraction of sp³-hybridized carbons (Fsp3) is 0.320. The first-order valence-corrected chi connectivity index (χ1v) is 11.2. The Morgan fingerprint density at radius 2 is 1.90 bits per heavy atom. The standard InChI is InChI=1S/C25H24ClN3O2/c1-15-13-16(26)11-12-20(15)28-24(30)22-18-9-5-6-10-21(18)27-23-19(22)14-29(25(23)31)17-7-3-2-4-8-17/h5-6,9-13,17H,2-4,7-8,14H2,1H3,(H,28,30). The number of hydrogen-bond donors (Lipinski definition) is 1. The Morgan fingerprint density at radius 1 is 1.13 bits per heavy atom. The van der Waals surface area contributed by atoms with E-state index in [4.69, 9.17) is 11.6 Å². The second kappa shape index (κ2) is 7.97. The predicted molar refractivity (Wildman–Crippen MR) is 123 cm³/mol. The van der Waals surface area contributed by atoms with Gasteiger partial charge in [0.05, 0.1) is 11.1 Å². The van der Waals surface area contributed by atoms with Crippen molar-refractivity contribution in [3.05, 3.63) is 69.9 Å². The fourth-order valence-corrected chi connectivity index (χ4v) is 5.09. The van der Waals surface area contributed by atoms with Crippen LogP contribution in [0.5, 0.6) is 0 Å². The lowest BCUT2D eigenvalue weighted by molar-refractivity contribution is 0.0655. The molecule has 158 valence electrons. The van der Waals surface area contributed by atoms with Gasteiger partial charge in [-0.15, -0.1) is 0 Å². The van der Waals surface area contributed by atoms with Gasteiger partial charge in [-0.05, 0) is 49.6 Å². The van der Waals surface area contributed by atoms with Crippen molar-refractivity contribution in [3.8, 4) is 0 Å². The summed E-state index contributed by atoms with van der Waals surface area (Å²) in [5.74, 6) is -0.275. The van der Waals surface area contributed by atoms with E-state index >= 15 is 0 Å². The molecule has 0 saturated heterocycles. The van der Waals surface area contributed by atoms with Crippen molar-refractivity contribution in [3.63, 3.8) is 0 Å². The summed E-state index contributed by atoms with van der Waals surface area (Å²) in [6, 6.07) is 13.2. The van der Waals surface area contributed by atoms with E-state index in [0.717, 1.165) is 42.2 Å². The van der Waals surface area contributed by atoms with Crippen LogP contribution in [0.1, 0.15) is 64.1 Å². The second-order valence-corrected chi connectivity index (χ2v) is 8.91. The molecule has 1 aliphatic heterocycles. The lowest BCUT2D eigenvalue weighted by atomic mass is 9.94. The van der Waals surface area contributed by atoms with Gasteiger partial charge in [0.15, 0.2) is 0 Å². The number of rotatable bonds is 3. The lowest BCUT2D eigenvalue weighted by Gasteiger charge is -2.30. The number of fused-ring (bicyclic) bond motifs is 2. The molecule has 5 rings (SSSR count). The third kappa shape index (κ3) is 3.57. The van der Waals surface area contributed by atoms with E-state index in [2.05, 4.69) is 10.3 Å². The van der Waals surface area contributed by atoms with Crippen molar-refractivity contribution in [1.82, 2.24) is 9.88 Å². The zero-order chi connectivity index (χ0) is 21.5. The predicted octanol–water partition coefficient (Wildman–Crippen LogP) is 5.74. The highest BCUT2D eigenvalue weighted by molar-refractivity contribution is 6.30. The minimum absolute atomic E-state index is 0.0515. The zero-order valence-electron chi connectivity index (χ0n) is 17.5. The number of para-hydroxylation sites is 1. The molecule has 2 aliphatic rings. The molecular weight excluding hydrogens is 410 g/mol. The molecular formula is C25H24ClN3O2. The monoisotopic (exact) mass is 433 g/mol. The van der Waals surface area contributed by atoms with E-state index in [0.29, 0.717) is 34.0 Å². The number of anilines is 1. The molecule has 0 bridgehead atoms. The Morgan fingerprint density at radius 3 is 2.68 bits per heavy atom. The number of aryl methyl sites for hydroxylation is 1. The maximum Gasteiger partial charge on any atom is 0.273 e. The van der Waals surface area contributed by atoms with Gasteiger partial charge in [-0.1, -0.05) is 49.1 Å². The van der Waals surface area contributed by atoms with E-state index in [1.807, 2.05) is 42.2 Å². The average molecular weight is 434 g/mol. The first-order chi connectivity index (χ1) is 15.0. The van der Waals surface area contributed by atoms with Crippen molar-refractivity contribution in [2.45, 2.75) is 51.6 Å². The lowest BCUT2D eigenvalue weighted by Crippen LogP contribution is -2.37. The van der Waals surface area contributed by atoms with Crippen molar-refractivity contribution < 1.29 is 9.59 Å². The summed E-state index contributed by atoms with van der Waals surface area (Å²) >= 11 is 6.07. The molecule has 0 radical (unpaired) electrons. The van der Waals surface area contributed by atoms with E-state index in [-0.39, 0.29) is 17.9 Å². The SMILES string of the molecule is Cc1cc(Cl)ccc1NC(=O)c1c2c(nc3ccccc13)C(=O)N(C1CCCCC1)C2. The van der Waals surface area contributed by atoms with Gasteiger partial charge < -0.3 is 10.2 Å². The number of aromatic nitrogens is 1. The number of carbonyl (C=O) groups excluding carboxylic acids is 2. The fourth-order valence-electron chi connectivity index (χ4n) is 4.86. The Kier molecular flexibility index (Phi) is 5.14. The Hall–Kier alpha value is -2.92. The normalized spacial score (nSPS) is 16.6. The molecule has 2 aromatic carbocycles. The molecule has 1 aromatic heterocycles. The van der Waals surface area contributed by atoms with Crippen LogP contribution in [0, 0.1) is 6.92 Å². The maximum atomic E-state index is 13.5. The van der Waals surface area contributed by atoms with E-state index in [1.54, 1.807) is 12.1 Å². The second-order valence-electron chi connectivity index (χ2n) is 8.47. The third-order valence-electron chi connectivity index (χ3n) is 6.46. The van der Waals surface area contributed by atoms with Gasteiger partial charge in [0, 0.05) is 34.2 Å². The minimum atomic E-state index is -0.224. The maximum absolute atomic E-state index is 13.5. The van der Waals surface area contributed by atoms with Crippen LogP contribution >= 0.6 is 11.6 Å². The highest BCUT2D eigenvalue weighted by atomic mass is 35.5. The summed E-state index contributed by atoms with van der Waals surface area (Å²) in [7, 11) is 0. The van der Waals surface area contributed by atoms with Crippen LogP contribution in [-0.2, 0) is 6.54 Å².